The highest BCUT2D eigenvalue weighted by molar-refractivity contribution is 5.98. The van der Waals surface area contributed by atoms with Gasteiger partial charge in [-0.15, -0.1) is 0 Å². The van der Waals surface area contributed by atoms with Crippen LogP contribution in [0.5, 0.6) is 0 Å². The Labute approximate surface area is 183 Å². The van der Waals surface area contributed by atoms with Crippen molar-refractivity contribution in [1.82, 2.24) is 25.1 Å². The summed E-state index contributed by atoms with van der Waals surface area (Å²) in [5, 5.41) is 5.49. The lowest BCUT2D eigenvalue weighted by atomic mass is 9.86. The van der Waals surface area contributed by atoms with Crippen molar-refractivity contribution in [2.45, 2.75) is 53.2 Å². The van der Waals surface area contributed by atoms with Gasteiger partial charge in [0, 0.05) is 32.1 Å². The van der Waals surface area contributed by atoms with Crippen molar-refractivity contribution in [3.05, 3.63) is 41.7 Å². The minimum Gasteiger partial charge on any atom is -0.357 e. The van der Waals surface area contributed by atoms with Crippen molar-refractivity contribution in [3.63, 3.8) is 0 Å². The Morgan fingerprint density at radius 3 is 2.39 bits per heavy atom. The van der Waals surface area contributed by atoms with Gasteiger partial charge in [0.05, 0.1) is 12.2 Å². The van der Waals surface area contributed by atoms with Crippen LogP contribution in [-0.2, 0) is 22.7 Å². The molecule has 0 saturated heterocycles. The zero-order valence-corrected chi connectivity index (χ0v) is 18.9. The van der Waals surface area contributed by atoms with Crippen molar-refractivity contribution < 1.29 is 14.4 Å². The van der Waals surface area contributed by atoms with E-state index in [-0.39, 0.29) is 17.5 Å². The Kier molecular flexibility index (Phi) is 6.48. The smallest absolute Gasteiger partial charge is 0.272 e. The fourth-order valence-electron chi connectivity index (χ4n) is 3.81. The zero-order chi connectivity index (χ0) is 22.8. The quantitative estimate of drug-likeness (QED) is 0.768. The third-order valence-electron chi connectivity index (χ3n) is 5.56. The molecule has 0 saturated carbocycles. The zero-order valence-electron chi connectivity index (χ0n) is 18.9. The number of carbonyl (C=O) groups is 3. The maximum Gasteiger partial charge on any atom is 0.272 e. The van der Waals surface area contributed by atoms with Crippen molar-refractivity contribution >= 4 is 17.7 Å². The second-order valence-electron chi connectivity index (χ2n) is 8.80. The minimum atomic E-state index is -0.723. The highest BCUT2D eigenvalue weighted by Crippen LogP contribution is 2.27. The van der Waals surface area contributed by atoms with E-state index in [2.05, 4.69) is 15.6 Å². The third kappa shape index (κ3) is 4.62. The molecule has 1 aromatic carbocycles. The molecule has 0 radical (unpaired) electrons. The molecule has 1 atom stereocenters. The number of carbonyl (C=O) groups excluding carboxylic acids is 3. The molecule has 1 aromatic heterocycles. The van der Waals surface area contributed by atoms with E-state index in [1.54, 1.807) is 11.9 Å². The topological polar surface area (TPSA) is 96.3 Å². The fourth-order valence-corrected chi connectivity index (χ4v) is 3.81. The van der Waals surface area contributed by atoms with E-state index in [1.165, 1.54) is 0 Å². The van der Waals surface area contributed by atoms with Gasteiger partial charge in [0.25, 0.3) is 5.91 Å². The van der Waals surface area contributed by atoms with Gasteiger partial charge < -0.3 is 20.1 Å². The first-order valence-electron chi connectivity index (χ1n) is 10.6. The molecule has 8 heteroatoms. The summed E-state index contributed by atoms with van der Waals surface area (Å²) in [4.78, 5) is 44.5. The fraction of sp³-hybridized carbons (Fsp3) is 0.478. The lowest BCUT2D eigenvalue weighted by Crippen LogP contribution is -2.53. The van der Waals surface area contributed by atoms with E-state index < -0.39 is 17.4 Å². The minimum absolute atomic E-state index is 0.0398. The molecule has 8 nitrogen and oxygen atoms in total. The van der Waals surface area contributed by atoms with Crippen LogP contribution in [0.15, 0.2) is 30.3 Å². The monoisotopic (exact) mass is 425 g/mol. The summed E-state index contributed by atoms with van der Waals surface area (Å²) in [7, 11) is 1.55. The average molecular weight is 426 g/mol. The standard InChI is InChI=1S/C23H31N5O3/c1-6-17(29)27-12-13-28-16(14-27)18(25-20(28)15-10-8-7-9-11-15)21(30)26-19(22(31)24-5)23(2,3)4/h7-11,19H,6,12-14H2,1-5H3,(H,24,31)(H,26,30). The normalized spacial score (nSPS) is 14.5. The Bertz CT molecular complexity index is 975. The molecule has 3 rings (SSSR count). The van der Waals surface area contributed by atoms with Gasteiger partial charge in [0.15, 0.2) is 5.69 Å². The van der Waals surface area contributed by atoms with E-state index >= 15 is 0 Å². The van der Waals surface area contributed by atoms with E-state index in [1.807, 2.05) is 62.6 Å². The number of likely N-dealkylation sites (N-methyl/N-ethyl adjacent to an activating group) is 1. The van der Waals surface area contributed by atoms with Crippen LogP contribution in [0.1, 0.15) is 50.3 Å². The van der Waals surface area contributed by atoms with Crippen LogP contribution < -0.4 is 10.6 Å². The van der Waals surface area contributed by atoms with Crippen LogP contribution in [0, 0.1) is 5.41 Å². The number of rotatable bonds is 5. The molecule has 3 amide bonds. The Morgan fingerprint density at radius 1 is 1.13 bits per heavy atom. The number of hydrogen-bond donors (Lipinski definition) is 2. The Hall–Kier alpha value is -3.16. The van der Waals surface area contributed by atoms with Crippen molar-refractivity contribution in [3.8, 4) is 11.4 Å². The maximum atomic E-state index is 13.3. The van der Waals surface area contributed by atoms with E-state index in [0.29, 0.717) is 37.6 Å². The van der Waals surface area contributed by atoms with Gasteiger partial charge in [-0.3, -0.25) is 14.4 Å². The van der Waals surface area contributed by atoms with Crippen LogP contribution in [0.3, 0.4) is 0 Å². The number of nitrogens with one attached hydrogen (secondary N) is 2. The first-order chi connectivity index (χ1) is 14.7. The second kappa shape index (κ2) is 8.91. The molecule has 0 aliphatic carbocycles. The SMILES string of the molecule is CCC(=O)N1CCn2c(-c3ccccc3)nc(C(=O)NC(C(=O)NC)C(C)(C)C)c2C1. The van der Waals surface area contributed by atoms with E-state index in [0.717, 1.165) is 5.56 Å². The van der Waals surface area contributed by atoms with Crippen LogP contribution in [0.2, 0.25) is 0 Å². The van der Waals surface area contributed by atoms with Gasteiger partial charge in [-0.25, -0.2) is 4.98 Å². The highest BCUT2D eigenvalue weighted by atomic mass is 16.2. The number of benzene rings is 1. The molecule has 31 heavy (non-hydrogen) atoms. The number of aromatic nitrogens is 2. The number of nitrogens with zero attached hydrogens (tertiary/aromatic N) is 3. The van der Waals surface area contributed by atoms with E-state index in [9.17, 15) is 14.4 Å². The van der Waals surface area contributed by atoms with Gasteiger partial charge in [-0.2, -0.15) is 0 Å². The lowest BCUT2D eigenvalue weighted by molar-refractivity contribution is -0.132. The summed E-state index contributed by atoms with van der Waals surface area (Å²) in [6.07, 6.45) is 0.407. The van der Waals surface area contributed by atoms with Crippen LogP contribution in [0.4, 0.5) is 0 Å². The lowest BCUT2D eigenvalue weighted by Gasteiger charge is -2.31. The molecule has 2 aromatic rings. The summed E-state index contributed by atoms with van der Waals surface area (Å²) in [5.74, 6) is 0.0508. The summed E-state index contributed by atoms with van der Waals surface area (Å²) in [6, 6.07) is 8.95. The molecule has 0 spiro atoms. The number of amides is 3. The Morgan fingerprint density at radius 2 is 1.81 bits per heavy atom. The first-order valence-corrected chi connectivity index (χ1v) is 10.6. The van der Waals surface area contributed by atoms with Crippen molar-refractivity contribution in [2.75, 3.05) is 13.6 Å². The second-order valence-corrected chi connectivity index (χ2v) is 8.80. The largest absolute Gasteiger partial charge is 0.357 e. The van der Waals surface area contributed by atoms with Gasteiger partial charge in [-0.05, 0) is 5.41 Å². The first kappa shape index (κ1) is 22.5. The summed E-state index contributed by atoms with van der Waals surface area (Å²) >= 11 is 0. The van der Waals surface area contributed by atoms with Gasteiger partial charge in [-0.1, -0.05) is 58.0 Å². The highest BCUT2D eigenvalue weighted by Gasteiger charge is 2.35. The summed E-state index contributed by atoms with van der Waals surface area (Å²) in [5.41, 5.74) is 1.36. The molecule has 1 unspecified atom stereocenters. The molecule has 0 bridgehead atoms. The van der Waals surface area contributed by atoms with Crippen molar-refractivity contribution in [2.24, 2.45) is 5.41 Å². The molecule has 2 N–H and O–H groups in total. The third-order valence-corrected chi connectivity index (χ3v) is 5.56. The summed E-state index contributed by atoms with van der Waals surface area (Å²) < 4.78 is 2.01. The van der Waals surface area contributed by atoms with Crippen LogP contribution in [-0.4, -0.2) is 51.8 Å². The molecular weight excluding hydrogens is 394 g/mol. The predicted molar refractivity (Wildman–Crippen MR) is 118 cm³/mol. The summed E-state index contributed by atoms with van der Waals surface area (Å²) in [6.45, 7) is 8.96. The molecule has 1 aliphatic rings. The van der Waals surface area contributed by atoms with Crippen LogP contribution >= 0.6 is 0 Å². The molecule has 0 fully saturated rings. The number of imidazole rings is 1. The van der Waals surface area contributed by atoms with E-state index in [4.69, 9.17) is 0 Å². The van der Waals surface area contributed by atoms with Gasteiger partial charge >= 0.3 is 0 Å². The van der Waals surface area contributed by atoms with Crippen molar-refractivity contribution in [1.29, 1.82) is 0 Å². The maximum absolute atomic E-state index is 13.3. The average Bonchev–Trinajstić information content (AvgIpc) is 3.15. The molecule has 166 valence electrons. The number of hydrogen-bond acceptors (Lipinski definition) is 4. The number of fused-ring (bicyclic) bond motifs is 1. The molecule has 1 aliphatic heterocycles. The molecule has 2 heterocycles. The van der Waals surface area contributed by atoms with Gasteiger partial charge in [0.1, 0.15) is 11.9 Å². The predicted octanol–water partition coefficient (Wildman–Crippen LogP) is 2.19. The Balaban J connectivity index is 2.03. The van der Waals surface area contributed by atoms with Crippen LogP contribution in [0.25, 0.3) is 11.4 Å². The molecular formula is C23H31N5O3. The van der Waals surface area contributed by atoms with Gasteiger partial charge in [0.2, 0.25) is 11.8 Å².